The third-order valence-corrected chi connectivity index (χ3v) is 3.29. The van der Waals surface area contributed by atoms with Crippen LogP contribution >= 0.6 is 0 Å². The maximum absolute atomic E-state index is 10.8. The van der Waals surface area contributed by atoms with Crippen molar-refractivity contribution in [3.8, 4) is 0 Å². The summed E-state index contributed by atoms with van der Waals surface area (Å²) in [6, 6.07) is 8.23. The summed E-state index contributed by atoms with van der Waals surface area (Å²) in [6.07, 6.45) is 1.94. The Balaban J connectivity index is 2.15. The fraction of sp³-hybridized carbons (Fsp3) is 0.538. The van der Waals surface area contributed by atoms with Gasteiger partial charge in [-0.25, -0.2) is 13.1 Å². The summed E-state index contributed by atoms with van der Waals surface area (Å²) in [4.78, 5) is 0. The van der Waals surface area contributed by atoms with Gasteiger partial charge in [0, 0.05) is 20.2 Å². The van der Waals surface area contributed by atoms with Crippen LogP contribution in [-0.4, -0.2) is 34.9 Å². The van der Waals surface area contributed by atoms with Crippen LogP contribution in [0, 0.1) is 0 Å². The van der Waals surface area contributed by atoms with Gasteiger partial charge in [0.05, 0.1) is 12.9 Å². The molecule has 0 unspecified atom stereocenters. The van der Waals surface area contributed by atoms with Crippen LogP contribution in [0.25, 0.3) is 0 Å². The van der Waals surface area contributed by atoms with Crippen molar-refractivity contribution in [1.82, 2.24) is 10.0 Å². The maximum atomic E-state index is 10.8. The van der Waals surface area contributed by atoms with Crippen LogP contribution in [-0.2, 0) is 27.9 Å². The molecule has 0 aromatic heterocycles. The second-order valence-corrected chi connectivity index (χ2v) is 6.28. The average Bonchev–Trinajstić information content (AvgIpc) is 2.35. The molecule has 1 aromatic rings. The van der Waals surface area contributed by atoms with Crippen molar-refractivity contribution in [2.45, 2.75) is 19.6 Å². The first kappa shape index (κ1) is 16.1. The second kappa shape index (κ2) is 8.27. The molecule has 0 aliphatic carbocycles. The van der Waals surface area contributed by atoms with Gasteiger partial charge in [-0.15, -0.1) is 0 Å². The van der Waals surface area contributed by atoms with Gasteiger partial charge in [-0.1, -0.05) is 24.3 Å². The Labute approximate surface area is 115 Å². The topological polar surface area (TPSA) is 67.4 Å². The molecule has 2 N–H and O–H groups in total. The summed E-state index contributed by atoms with van der Waals surface area (Å²) in [5, 5.41) is 3.27. The van der Waals surface area contributed by atoms with Gasteiger partial charge in [0.1, 0.15) is 0 Å². The van der Waals surface area contributed by atoms with Crippen molar-refractivity contribution >= 4 is 10.0 Å². The molecule has 0 fully saturated rings. The monoisotopic (exact) mass is 286 g/mol. The smallest absolute Gasteiger partial charge is 0.208 e. The van der Waals surface area contributed by atoms with Gasteiger partial charge in [0.2, 0.25) is 10.0 Å². The number of rotatable bonds is 9. The first-order chi connectivity index (χ1) is 9.01. The lowest BCUT2D eigenvalue weighted by Gasteiger charge is -2.06. The Kier molecular flexibility index (Phi) is 7.01. The van der Waals surface area contributed by atoms with E-state index in [1.807, 2.05) is 12.1 Å². The Morgan fingerprint density at radius 3 is 2.32 bits per heavy atom. The van der Waals surface area contributed by atoms with E-state index in [4.69, 9.17) is 4.74 Å². The van der Waals surface area contributed by atoms with Crippen molar-refractivity contribution in [3.05, 3.63) is 35.4 Å². The number of ether oxygens (including phenoxy) is 1. The van der Waals surface area contributed by atoms with Gasteiger partial charge >= 0.3 is 0 Å². The molecule has 0 radical (unpaired) electrons. The SMILES string of the molecule is COCc1ccc(CNCCCNS(C)(=O)=O)cc1. The Morgan fingerprint density at radius 2 is 1.74 bits per heavy atom. The van der Waals surface area contributed by atoms with Gasteiger partial charge in [-0.05, 0) is 24.1 Å². The van der Waals surface area contributed by atoms with Gasteiger partial charge in [-0.2, -0.15) is 0 Å². The van der Waals surface area contributed by atoms with Gasteiger partial charge in [0.25, 0.3) is 0 Å². The summed E-state index contributed by atoms with van der Waals surface area (Å²) in [5.41, 5.74) is 2.36. The normalized spacial score (nSPS) is 11.7. The molecule has 108 valence electrons. The number of nitrogens with one attached hydrogen (secondary N) is 2. The lowest BCUT2D eigenvalue weighted by Crippen LogP contribution is -2.26. The van der Waals surface area contributed by atoms with Crippen LogP contribution in [0.4, 0.5) is 0 Å². The summed E-state index contributed by atoms with van der Waals surface area (Å²) in [5.74, 6) is 0. The van der Waals surface area contributed by atoms with Gasteiger partial charge in [0.15, 0.2) is 0 Å². The standard InChI is InChI=1S/C13H22N2O3S/c1-18-11-13-6-4-12(5-7-13)10-14-8-3-9-15-19(2,16)17/h4-7,14-15H,3,8-11H2,1-2H3. The average molecular weight is 286 g/mol. The van der Waals surface area contributed by atoms with E-state index >= 15 is 0 Å². The van der Waals surface area contributed by atoms with Gasteiger partial charge in [-0.3, -0.25) is 0 Å². The molecule has 6 heteroatoms. The number of benzene rings is 1. The summed E-state index contributed by atoms with van der Waals surface area (Å²) in [6.45, 7) is 2.66. The molecule has 19 heavy (non-hydrogen) atoms. The van der Waals surface area contributed by atoms with E-state index in [1.165, 1.54) is 11.8 Å². The highest BCUT2D eigenvalue weighted by Gasteiger charge is 1.98. The minimum Gasteiger partial charge on any atom is -0.380 e. The number of hydrogen-bond acceptors (Lipinski definition) is 4. The molecule has 1 aromatic carbocycles. The van der Waals surface area contributed by atoms with E-state index in [2.05, 4.69) is 22.2 Å². The van der Waals surface area contributed by atoms with Crippen LogP contribution in [0.3, 0.4) is 0 Å². The third kappa shape index (κ3) is 7.94. The van der Waals surface area contributed by atoms with Gasteiger partial charge < -0.3 is 10.1 Å². The number of hydrogen-bond donors (Lipinski definition) is 2. The zero-order chi connectivity index (χ0) is 14.1. The van der Waals surface area contributed by atoms with Crippen molar-refractivity contribution in [3.63, 3.8) is 0 Å². The minimum atomic E-state index is -3.06. The molecule has 0 aliphatic heterocycles. The molecular weight excluding hydrogens is 264 g/mol. The maximum Gasteiger partial charge on any atom is 0.208 e. The summed E-state index contributed by atoms with van der Waals surface area (Å²) >= 11 is 0. The summed E-state index contributed by atoms with van der Waals surface area (Å²) in [7, 11) is -1.38. The molecule has 0 saturated carbocycles. The Morgan fingerprint density at radius 1 is 1.11 bits per heavy atom. The highest BCUT2D eigenvalue weighted by Crippen LogP contribution is 2.05. The second-order valence-electron chi connectivity index (χ2n) is 4.45. The highest BCUT2D eigenvalue weighted by atomic mass is 32.2. The van der Waals surface area contributed by atoms with Crippen molar-refractivity contribution in [2.75, 3.05) is 26.5 Å². The zero-order valence-corrected chi connectivity index (χ0v) is 12.3. The van der Waals surface area contributed by atoms with E-state index in [9.17, 15) is 8.42 Å². The lowest BCUT2D eigenvalue weighted by molar-refractivity contribution is 0.185. The number of sulfonamides is 1. The molecule has 0 atom stereocenters. The van der Waals surface area contributed by atoms with E-state index in [0.717, 1.165) is 25.1 Å². The van der Waals surface area contributed by atoms with Crippen LogP contribution in [0.5, 0.6) is 0 Å². The minimum absolute atomic E-state index is 0.471. The quantitative estimate of drug-likeness (QED) is 0.661. The first-order valence-electron chi connectivity index (χ1n) is 6.23. The number of methoxy groups -OCH3 is 1. The highest BCUT2D eigenvalue weighted by molar-refractivity contribution is 7.88. The molecule has 5 nitrogen and oxygen atoms in total. The predicted octanol–water partition coefficient (Wildman–Crippen LogP) is 0.862. The van der Waals surface area contributed by atoms with E-state index in [-0.39, 0.29) is 0 Å². The molecule has 1 rings (SSSR count). The van der Waals surface area contributed by atoms with E-state index in [1.54, 1.807) is 7.11 Å². The van der Waals surface area contributed by atoms with Crippen LogP contribution in [0.1, 0.15) is 17.5 Å². The molecule has 0 spiro atoms. The first-order valence-corrected chi connectivity index (χ1v) is 8.12. The summed E-state index contributed by atoms with van der Waals surface area (Å²) < 4.78 is 29.2. The largest absolute Gasteiger partial charge is 0.380 e. The molecule has 0 saturated heterocycles. The van der Waals surface area contributed by atoms with Crippen molar-refractivity contribution < 1.29 is 13.2 Å². The van der Waals surface area contributed by atoms with Crippen molar-refractivity contribution in [2.24, 2.45) is 0 Å². The molecular formula is C13H22N2O3S. The zero-order valence-electron chi connectivity index (χ0n) is 11.5. The molecule has 0 bridgehead atoms. The third-order valence-electron chi connectivity index (χ3n) is 2.56. The van der Waals surface area contributed by atoms with Crippen LogP contribution < -0.4 is 10.0 Å². The van der Waals surface area contributed by atoms with Crippen LogP contribution in [0.15, 0.2) is 24.3 Å². The van der Waals surface area contributed by atoms with Crippen molar-refractivity contribution in [1.29, 1.82) is 0 Å². The van der Waals surface area contributed by atoms with Crippen LogP contribution in [0.2, 0.25) is 0 Å². The lowest BCUT2D eigenvalue weighted by atomic mass is 10.1. The predicted molar refractivity (Wildman–Crippen MR) is 76.3 cm³/mol. The fourth-order valence-electron chi connectivity index (χ4n) is 1.62. The Bertz CT molecular complexity index is 457. The molecule has 0 aliphatic rings. The molecule has 0 amide bonds. The fourth-order valence-corrected chi connectivity index (χ4v) is 2.14. The van der Waals surface area contributed by atoms with E-state index in [0.29, 0.717) is 13.2 Å². The van der Waals surface area contributed by atoms with E-state index < -0.39 is 10.0 Å². The Hall–Kier alpha value is -0.950. The molecule has 0 heterocycles.